The van der Waals surface area contributed by atoms with E-state index in [1.807, 2.05) is 35.2 Å². The molecule has 0 saturated heterocycles. The molecule has 0 saturated carbocycles. The van der Waals surface area contributed by atoms with Crippen LogP contribution >= 0.6 is 0 Å². The van der Waals surface area contributed by atoms with Crippen molar-refractivity contribution in [2.75, 3.05) is 0 Å². The molecular formula is C14H14N2O3. The molecule has 1 amide bonds. The monoisotopic (exact) mass is 258 g/mol. The molecule has 2 N–H and O–H groups in total. The summed E-state index contributed by atoms with van der Waals surface area (Å²) in [4.78, 5) is 22.6. The molecule has 0 unspecified atom stereocenters. The number of carboxylic acid groups (broad SMARTS) is 1. The number of aromatic nitrogens is 1. The van der Waals surface area contributed by atoms with Crippen LogP contribution < -0.4 is 5.32 Å². The van der Waals surface area contributed by atoms with Gasteiger partial charge in [0.1, 0.15) is 6.04 Å². The van der Waals surface area contributed by atoms with Gasteiger partial charge in [0, 0.05) is 23.6 Å². The minimum Gasteiger partial charge on any atom is -0.480 e. The van der Waals surface area contributed by atoms with E-state index in [0.717, 1.165) is 5.69 Å². The van der Waals surface area contributed by atoms with Crippen molar-refractivity contribution < 1.29 is 14.7 Å². The summed E-state index contributed by atoms with van der Waals surface area (Å²) < 4.78 is 1.87. The Balaban J connectivity index is 2.19. The fourth-order valence-electron chi connectivity index (χ4n) is 1.66. The van der Waals surface area contributed by atoms with E-state index in [2.05, 4.69) is 5.32 Å². The molecule has 2 rings (SSSR count). The highest BCUT2D eigenvalue weighted by molar-refractivity contribution is 5.96. The Morgan fingerprint density at radius 1 is 1.21 bits per heavy atom. The minimum absolute atomic E-state index is 0.399. The fraction of sp³-hybridized carbons (Fsp3) is 0.143. The molecule has 1 atom stereocenters. The van der Waals surface area contributed by atoms with Crippen molar-refractivity contribution in [2.24, 2.45) is 0 Å². The number of hydrogen-bond acceptors (Lipinski definition) is 2. The van der Waals surface area contributed by atoms with E-state index in [1.54, 1.807) is 18.2 Å². The lowest BCUT2D eigenvalue weighted by Crippen LogP contribution is -2.38. The average molecular weight is 258 g/mol. The van der Waals surface area contributed by atoms with Crippen molar-refractivity contribution in [1.29, 1.82) is 0 Å². The Bertz CT molecular complexity index is 590. The Hall–Kier alpha value is -2.56. The smallest absolute Gasteiger partial charge is 0.325 e. The Morgan fingerprint density at radius 3 is 2.53 bits per heavy atom. The van der Waals surface area contributed by atoms with Crippen molar-refractivity contribution in [3.05, 3.63) is 54.4 Å². The summed E-state index contributed by atoms with van der Waals surface area (Å²) in [5.41, 5.74) is 1.28. The van der Waals surface area contributed by atoms with E-state index in [-0.39, 0.29) is 0 Å². The molecule has 0 fully saturated rings. The van der Waals surface area contributed by atoms with Crippen LogP contribution in [-0.2, 0) is 4.79 Å². The normalized spacial score (nSPS) is 11.8. The zero-order valence-electron chi connectivity index (χ0n) is 10.4. The third kappa shape index (κ3) is 3.01. The molecule has 5 nitrogen and oxygen atoms in total. The van der Waals surface area contributed by atoms with Gasteiger partial charge in [-0.25, -0.2) is 0 Å². The van der Waals surface area contributed by atoms with Gasteiger partial charge < -0.3 is 15.0 Å². The zero-order valence-corrected chi connectivity index (χ0v) is 10.4. The summed E-state index contributed by atoms with van der Waals surface area (Å²) in [5, 5.41) is 11.2. The van der Waals surface area contributed by atoms with Crippen LogP contribution in [0.4, 0.5) is 0 Å². The second-order valence-corrected chi connectivity index (χ2v) is 4.17. The van der Waals surface area contributed by atoms with Crippen LogP contribution in [0.25, 0.3) is 5.69 Å². The summed E-state index contributed by atoms with van der Waals surface area (Å²) >= 11 is 0. The van der Waals surface area contributed by atoms with E-state index in [0.29, 0.717) is 5.56 Å². The van der Waals surface area contributed by atoms with Crippen molar-refractivity contribution in [2.45, 2.75) is 13.0 Å². The van der Waals surface area contributed by atoms with Gasteiger partial charge in [0.15, 0.2) is 0 Å². The minimum atomic E-state index is -1.06. The first-order chi connectivity index (χ1) is 9.08. The highest BCUT2D eigenvalue weighted by Gasteiger charge is 2.15. The van der Waals surface area contributed by atoms with E-state index in [9.17, 15) is 9.59 Å². The Labute approximate surface area is 110 Å². The molecule has 98 valence electrons. The molecule has 0 aliphatic rings. The molecule has 19 heavy (non-hydrogen) atoms. The molecule has 0 bridgehead atoms. The van der Waals surface area contributed by atoms with Crippen molar-refractivity contribution in [1.82, 2.24) is 9.88 Å². The fourth-order valence-corrected chi connectivity index (χ4v) is 1.66. The number of nitrogens with zero attached hydrogens (tertiary/aromatic N) is 1. The maximum atomic E-state index is 11.9. The second-order valence-electron chi connectivity index (χ2n) is 4.17. The van der Waals surface area contributed by atoms with E-state index < -0.39 is 17.9 Å². The van der Waals surface area contributed by atoms with Gasteiger partial charge in [-0.1, -0.05) is 6.07 Å². The van der Waals surface area contributed by atoms with Crippen LogP contribution in [0.15, 0.2) is 48.8 Å². The van der Waals surface area contributed by atoms with Crippen molar-refractivity contribution in [3.63, 3.8) is 0 Å². The summed E-state index contributed by atoms with van der Waals surface area (Å²) in [5.74, 6) is -1.46. The first-order valence-corrected chi connectivity index (χ1v) is 5.85. The molecule has 1 aromatic heterocycles. The van der Waals surface area contributed by atoms with Crippen molar-refractivity contribution in [3.8, 4) is 5.69 Å². The second kappa shape index (κ2) is 5.39. The summed E-state index contributed by atoms with van der Waals surface area (Å²) in [6.07, 6.45) is 3.74. The Kier molecular flexibility index (Phi) is 3.66. The quantitative estimate of drug-likeness (QED) is 0.876. The van der Waals surface area contributed by atoms with E-state index in [1.165, 1.54) is 6.92 Å². The lowest BCUT2D eigenvalue weighted by molar-refractivity contribution is -0.138. The number of carbonyl (C=O) groups is 2. The van der Waals surface area contributed by atoms with Gasteiger partial charge >= 0.3 is 5.97 Å². The zero-order chi connectivity index (χ0) is 13.8. The molecule has 0 aliphatic carbocycles. The number of carbonyl (C=O) groups excluding carboxylic acids is 1. The summed E-state index contributed by atoms with van der Waals surface area (Å²) in [7, 11) is 0. The molecular weight excluding hydrogens is 244 g/mol. The average Bonchev–Trinajstić information content (AvgIpc) is 2.92. The lowest BCUT2D eigenvalue weighted by Gasteiger charge is -2.10. The van der Waals surface area contributed by atoms with Crippen LogP contribution in [-0.4, -0.2) is 27.6 Å². The van der Waals surface area contributed by atoms with Crippen LogP contribution in [0.5, 0.6) is 0 Å². The van der Waals surface area contributed by atoms with Gasteiger partial charge in [-0.05, 0) is 37.3 Å². The first kappa shape index (κ1) is 12.9. The van der Waals surface area contributed by atoms with Gasteiger partial charge in [0.25, 0.3) is 5.91 Å². The van der Waals surface area contributed by atoms with Crippen LogP contribution in [0.1, 0.15) is 17.3 Å². The number of carboxylic acids is 1. The van der Waals surface area contributed by atoms with Crippen LogP contribution in [0, 0.1) is 0 Å². The number of aliphatic carboxylic acids is 1. The summed E-state index contributed by atoms with van der Waals surface area (Å²) in [6.45, 7) is 1.43. The third-order valence-corrected chi connectivity index (χ3v) is 2.73. The molecule has 0 radical (unpaired) electrons. The Morgan fingerprint density at radius 2 is 1.89 bits per heavy atom. The highest BCUT2D eigenvalue weighted by Crippen LogP contribution is 2.11. The predicted molar refractivity (Wildman–Crippen MR) is 70.3 cm³/mol. The van der Waals surface area contributed by atoms with E-state index in [4.69, 9.17) is 5.11 Å². The molecule has 1 aromatic carbocycles. The van der Waals surface area contributed by atoms with Gasteiger partial charge in [-0.2, -0.15) is 0 Å². The van der Waals surface area contributed by atoms with Gasteiger partial charge in [0.05, 0.1) is 0 Å². The molecule has 0 aliphatic heterocycles. The highest BCUT2D eigenvalue weighted by atomic mass is 16.4. The van der Waals surface area contributed by atoms with E-state index >= 15 is 0 Å². The molecule has 1 heterocycles. The number of rotatable bonds is 4. The molecule has 0 spiro atoms. The van der Waals surface area contributed by atoms with Crippen LogP contribution in [0.3, 0.4) is 0 Å². The van der Waals surface area contributed by atoms with Gasteiger partial charge in [-0.3, -0.25) is 9.59 Å². The maximum absolute atomic E-state index is 11.9. The first-order valence-electron chi connectivity index (χ1n) is 5.85. The largest absolute Gasteiger partial charge is 0.480 e. The van der Waals surface area contributed by atoms with Gasteiger partial charge in [-0.15, -0.1) is 0 Å². The number of amides is 1. The van der Waals surface area contributed by atoms with Crippen LogP contribution in [0.2, 0.25) is 0 Å². The lowest BCUT2D eigenvalue weighted by atomic mass is 10.1. The summed E-state index contributed by atoms with van der Waals surface area (Å²) in [6, 6.07) is 9.86. The van der Waals surface area contributed by atoms with Gasteiger partial charge in [0.2, 0.25) is 0 Å². The number of benzene rings is 1. The number of nitrogens with one attached hydrogen (secondary N) is 1. The third-order valence-electron chi connectivity index (χ3n) is 2.73. The van der Waals surface area contributed by atoms with Crippen molar-refractivity contribution >= 4 is 11.9 Å². The maximum Gasteiger partial charge on any atom is 0.325 e. The number of hydrogen-bond donors (Lipinski definition) is 2. The molecule has 2 aromatic rings. The topological polar surface area (TPSA) is 71.3 Å². The SMILES string of the molecule is C[C@H](NC(=O)c1cccc(-n2cccc2)c1)C(=O)O. The molecule has 5 heteroatoms. The standard InChI is InChI=1S/C14H14N2O3/c1-10(14(18)19)15-13(17)11-5-4-6-12(9-11)16-7-2-3-8-16/h2-10H,1H3,(H,15,17)(H,18,19)/t10-/m0/s1. The predicted octanol–water partition coefficient (Wildman–Crippen LogP) is 1.68.